The number of ether oxygens (including phenoxy) is 1. The Hall–Kier alpha value is -2.11. The van der Waals surface area contributed by atoms with E-state index in [4.69, 9.17) is 9.15 Å². The Morgan fingerprint density at radius 2 is 2.08 bits per heavy atom. The molecular formula is C19H22NO3S+. The normalized spacial score (nSPS) is 12.7. The average Bonchev–Trinajstić information content (AvgIpc) is 3.08. The van der Waals surface area contributed by atoms with Crippen LogP contribution in [0.1, 0.15) is 30.3 Å². The van der Waals surface area contributed by atoms with Crippen molar-refractivity contribution in [3.05, 3.63) is 62.6 Å². The largest absolute Gasteiger partial charge is 0.497 e. The van der Waals surface area contributed by atoms with E-state index in [-0.39, 0.29) is 5.63 Å². The Bertz CT molecular complexity index is 868. The summed E-state index contributed by atoms with van der Waals surface area (Å²) in [6.45, 7) is 5.18. The van der Waals surface area contributed by atoms with Crippen LogP contribution in [-0.2, 0) is 6.54 Å². The van der Waals surface area contributed by atoms with Crippen LogP contribution < -0.4 is 15.7 Å². The van der Waals surface area contributed by atoms with Gasteiger partial charge in [0.25, 0.3) is 0 Å². The monoisotopic (exact) mass is 344 g/mol. The van der Waals surface area contributed by atoms with Gasteiger partial charge in [0.15, 0.2) is 0 Å². The molecule has 0 radical (unpaired) electrons. The van der Waals surface area contributed by atoms with Crippen LogP contribution in [0.4, 0.5) is 0 Å². The summed E-state index contributed by atoms with van der Waals surface area (Å²) in [5, 5.41) is 5.37. The molecule has 0 fully saturated rings. The first-order valence-corrected chi connectivity index (χ1v) is 8.94. The first-order valence-electron chi connectivity index (χ1n) is 8.06. The molecule has 2 heterocycles. The molecule has 0 amide bonds. The number of benzene rings is 1. The van der Waals surface area contributed by atoms with Crippen molar-refractivity contribution in [1.82, 2.24) is 0 Å². The van der Waals surface area contributed by atoms with Crippen molar-refractivity contribution in [3.8, 4) is 5.75 Å². The van der Waals surface area contributed by atoms with Gasteiger partial charge in [-0.2, -0.15) is 0 Å². The lowest BCUT2D eigenvalue weighted by Crippen LogP contribution is -2.84. The number of hydrogen-bond donors (Lipinski definition) is 1. The van der Waals surface area contributed by atoms with Gasteiger partial charge in [-0.15, -0.1) is 11.3 Å². The number of hydrogen-bond acceptors (Lipinski definition) is 4. The maximum absolute atomic E-state index is 11.9. The fourth-order valence-corrected chi connectivity index (χ4v) is 3.95. The fourth-order valence-electron chi connectivity index (χ4n) is 2.96. The zero-order chi connectivity index (χ0) is 17.1. The van der Waals surface area contributed by atoms with Gasteiger partial charge in [-0.25, -0.2) is 4.79 Å². The third kappa shape index (κ3) is 3.52. The summed E-state index contributed by atoms with van der Waals surface area (Å²) in [6, 6.07) is 11.8. The van der Waals surface area contributed by atoms with Gasteiger partial charge in [-0.05, 0) is 23.6 Å². The van der Waals surface area contributed by atoms with E-state index >= 15 is 0 Å². The summed E-state index contributed by atoms with van der Waals surface area (Å²) in [6.07, 6.45) is 0. The maximum Gasteiger partial charge on any atom is 0.336 e. The van der Waals surface area contributed by atoms with Gasteiger partial charge in [0.2, 0.25) is 0 Å². The van der Waals surface area contributed by atoms with Crippen LogP contribution in [0.15, 0.2) is 51.0 Å². The van der Waals surface area contributed by atoms with Gasteiger partial charge >= 0.3 is 5.63 Å². The number of nitrogens with two attached hydrogens (primary N) is 1. The van der Waals surface area contributed by atoms with Crippen molar-refractivity contribution in [3.63, 3.8) is 0 Å². The van der Waals surface area contributed by atoms with Gasteiger partial charge in [-0.1, -0.05) is 19.9 Å². The predicted octanol–water partition coefficient (Wildman–Crippen LogP) is 3.32. The molecule has 0 saturated heterocycles. The highest BCUT2D eigenvalue weighted by Gasteiger charge is 2.20. The molecule has 2 aromatic heterocycles. The zero-order valence-electron chi connectivity index (χ0n) is 14.1. The molecule has 1 aromatic carbocycles. The summed E-state index contributed by atoms with van der Waals surface area (Å²) in [5.41, 5.74) is 1.24. The lowest BCUT2D eigenvalue weighted by Gasteiger charge is -2.18. The van der Waals surface area contributed by atoms with Crippen molar-refractivity contribution in [2.24, 2.45) is 5.92 Å². The Kier molecular flexibility index (Phi) is 5.02. The molecule has 4 nitrogen and oxygen atoms in total. The molecule has 1 atom stereocenters. The maximum atomic E-state index is 11.9. The minimum absolute atomic E-state index is 0.323. The quantitative estimate of drug-likeness (QED) is 0.698. The van der Waals surface area contributed by atoms with E-state index < -0.39 is 0 Å². The first-order chi connectivity index (χ1) is 11.6. The van der Waals surface area contributed by atoms with Crippen LogP contribution >= 0.6 is 11.3 Å². The topological polar surface area (TPSA) is 56.0 Å². The van der Waals surface area contributed by atoms with E-state index in [0.29, 0.717) is 23.3 Å². The van der Waals surface area contributed by atoms with Gasteiger partial charge in [-0.3, -0.25) is 0 Å². The summed E-state index contributed by atoms with van der Waals surface area (Å²) in [5.74, 6) is 1.19. The lowest BCUT2D eigenvalue weighted by molar-refractivity contribution is -0.716. The molecule has 126 valence electrons. The molecule has 0 spiro atoms. The minimum atomic E-state index is -0.323. The summed E-state index contributed by atoms with van der Waals surface area (Å²) < 4.78 is 10.5. The summed E-state index contributed by atoms with van der Waals surface area (Å²) in [7, 11) is 1.60. The van der Waals surface area contributed by atoms with Gasteiger partial charge in [0.1, 0.15) is 23.9 Å². The molecule has 24 heavy (non-hydrogen) atoms. The van der Waals surface area contributed by atoms with E-state index in [1.807, 2.05) is 12.1 Å². The number of methoxy groups -OCH3 is 1. The number of fused-ring (bicyclic) bond motifs is 1. The molecule has 0 aliphatic carbocycles. The highest BCUT2D eigenvalue weighted by Crippen LogP contribution is 2.24. The minimum Gasteiger partial charge on any atom is -0.497 e. The third-order valence-electron chi connectivity index (χ3n) is 4.22. The molecule has 2 N–H and O–H groups in total. The first kappa shape index (κ1) is 16.7. The third-order valence-corrected chi connectivity index (χ3v) is 5.19. The Balaban J connectivity index is 1.90. The van der Waals surface area contributed by atoms with E-state index in [9.17, 15) is 4.79 Å². The highest BCUT2D eigenvalue weighted by atomic mass is 32.1. The lowest BCUT2D eigenvalue weighted by atomic mass is 10.0. The van der Waals surface area contributed by atoms with Crippen LogP contribution in [0.3, 0.4) is 0 Å². The molecular weight excluding hydrogens is 322 g/mol. The van der Waals surface area contributed by atoms with Crippen molar-refractivity contribution in [1.29, 1.82) is 0 Å². The average molecular weight is 344 g/mol. The van der Waals surface area contributed by atoms with E-state index in [2.05, 4.69) is 36.7 Å². The molecule has 0 aliphatic heterocycles. The van der Waals surface area contributed by atoms with Gasteiger partial charge in [0, 0.05) is 29.0 Å². The van der Waals surface area contributed by atoms with Crippen molar-refractivity contribution < 1.29 is 14.5 Å². The van der Waals surface area contributed by atoms with Crippen molar-refractivity contribution >= 4 is 22.3 Å². The molecule has 3 rings (SSSR count). The number of rotatable bonds is 6. The summed E-state index contributed by atoms with van der Waals surface area (Å²) >= 11 is 1.78. The molecule has 0 unspecified atom stereocenters. The van der Waals surface area contributed by atoms with E-state index in [1.54, 1.807) is 30.6 Å². The SMILES string of the molecule is COc1ccc2c(C[NH2+][C@@H](c3cccs3)C(C)C)cc(=O)oc2c1. The predicted molar refractivity (Wildman–Crippen MR) is 96.6 cm³/mol. The van der Waals surface area contributed by atoms with Crippen LogP contribution in [0.5, 0.6) is 5.75 Å². The molecule has 5 heteroatoms. The van der Waals surface area contributed by atoms with Crippen LogP contribution in [0.2, 0.25) is 0 Å². The number of quaternary nitrogens is 1. The van der Waals surface area contributed by atoms with E-state index in [1.165, 1.54) is 4.88 Å². The summed E-state index contributed by atoms with van der Waals surface area (Å²) in [4.78, 5) is 13.3. The molecule has 3 aromatic rings. The van der Waals surface area contributed by atoms with Gasteiger partial charge in [0.05, 0.1) is 12.0 Å². The molecule has 0 bridgehead atoms. The smallest absolute Gasteiger partial charge is 0.336 e. The second-order valence-electron chi connectivity index (χ2n) is 6.18. The Morgan fingerprint density at radius 1 is 1.25 bits per heavy atom. The standard InChI is InChI=1S/C19H21NO3S/c1-12(2)19(17-5-4-8-24-17)20-11-13-9-18(21)23-16-10-14(22-3)6-7-15(13)16/h4-10,12,19-20H,11H2,1-3H3/p+1/t19-/m1/s1. The van der Waals surface area contributed by atoms with Crippen LogP contribution in [-0.4, -0.2) is 7.11 Å². The zero-order valence-corrected chi connectivity index (χ0v) is 14.9. The molecule has 0 aliphatic rings. The van der Waals surface area contributed by atoms with Crippen molar-refractivity contribution in [2.45, 2.75) is 26.4 Å². The van der Waals surface area contributed by atoms with Crippen LogP contribution in [0.25, 0.3) is 11.0 Å². The van der Waals surface area contributed by atoms with Crippen LogP contribution in [0, 0.1) is 5.92 Å². The Labute approximate surface area is 145 Å². The molecule has 0 saturated carbocycles. The van der Waals surface area contributed by atoms with Gasteiger partial charge < -0.3 is 14.5 Å². The number of thiophene rings is 1. The fraction of sp³-hybridized carbons (Fsp3) is 0.316. The highest BCUT2D eigenvalue weighted by molar-refractivity contribution is 7.10. The van der Waals surface area contributed by atoms with Crippen molar-refractivity contribution in [2.75, 3.05) is 7.11 Å². The van der Waals surface area contributed by atoms with E-state index in [0.717, 1.165) is 17.5 Å². The second kappa shape index (κ2) is 7.20. The Morgan fingerprint density at radius 3 is 2.75 bits per heavy atom. The second-order valence-corrected chi connectivity index (χ2v) is 7.16.